The van der Waals surface area contributed by atoms with E-state index in [9.17, 15) is 8.42 Å². The van der Waals surface area contributed by atoms with E-state index in [-0.39, 0.29) is 10.2 Å². The minimum atomic E-state index is -3.97. The Hall–Kier alpha value is -1.44. The summed E-state index contributed by atoms with van der Waals surface area (Å²) in [5.74, 6) is 0. The predicted molar refractivity (Wildman–Crippen MR) is 64.1 cm³/mol. The minimum absolute atomic E-state index is 0.183. The summed E-state index contributed by atoms with van der Waals surface area (Å²) in [6.45, 7) is 1.83. The molecular weight excluding hydrogens is 264 g/mol. The number of hydrogen-bond donors (Lipinski definition) is 1. The first kappa shape index (κ1) is 12.0. The van der Waals surface area contributed by atoms with Crippen molar-refractivity contribution in [1.29, 1.82) is 0 Å². The number of aromatic nitrogens is 3. The summed E-state index contributed by atoms with van der Waals surface area (Å²) in [5.41, 5.74) is 0.909. The van der Waals surface area contributed by atoms with E-state index in [2.05, 4.69) is 10.1 Å². The van der Waals surface area contributed by atoms with Crippen LogP contribution in [-0.4, -0.2) is 23.0 Å². The van der Waals surface area contributed by atoms with Crippen molar-refractivity contribution in [3.63, 3.8) is 0 Å². The molecule has 0 aromatic carbocycles. The predicted octanol–water partition coefficient (Wildman–Crippen LogP) is 1.06. The van der Waals surface area contributed by atoms with Gasteiger partial charge in [0, 0.05) is 0 Å². The summed E-state index contributed by atoms with van der Waals surface area (Å²) in [4.78, 5) is 3.86. The minimum Gasteiger partial charge on any atom is -0.223 e. The van der Waals surface area contributed by atoms with E-state index in [4.69, 9.17) is 16.7 Å². The van der Waals surface area contributed by atoms with E-state index in [1.54, 1.807) is 24.3 Å². The Morgan fingerprint density at radius 3 is 2.76 bits per heavy atom. The average Bonchev–Trinajstić information content (AvgIpc) is 2.53. The number of imidazole rings is 1. The first-order valence-electron chi connectivity index (χ1n) is 4.64. The van der Waals surface area contributed by atoms with Crippen LogP contribution < -0.4 is 5.14 Å². The zero-order chi connectivity index (χ0) is 12.6. The molecule has 2 aromatic heterocycles. The molecule has 2 N–H and O–H groups in total. The monoisotopic (exact) mass is 272 g/mol. The Morgan fingerprint density at radius 1 is 1.47 bits per heavy atom. The summed E-state index contributed by atoms with van der Waals surface area (Å²) in [6.07, 6.45) is 3.50. The second-order valence-corrected chi connectivity index (χ2v) is 5.12. The van der Waals surface area contributed by atoms with E-state index in [0.717, 1.165) is 4.52 Å². The topological polar surface area (TPSA) is 90.3 Å². The Balaban J connectivity index is 2.83. The van der Waals surface area contributed by atoms with Crippen LogP contribution in [0.15, 0.2) is 23.2 Å². The Labute approximate surface area is 103 Å². The van der Waals surface area contributed by atoms with Gasteiger partial charge < -0.3 is 0 Å². The molecule has 0 saturated heterocycles. The van der Waals surface area contributed by atoms with Gasteiger partial charge in [-0.15, -0.1) is 0 Å². The number of nitrogens with zero attached hydrogens (tertiary/aromatic N) is 3. The fraction of sp³-hybridized carbons (Fsp3) is 0.111. The van der Waals surface area contributed by atoms with Gasteiger partial charge >= 0.3 is 0 Å². The summed E-state index contributed by atoms with van der Waals surface area (Å²) in [5, 5.41) is 8.65. The molecule has 0 unspecified atom stereocenters. The Morgan fingerprint density at radius 2 is 2.18 bits per heavy atom. The molecule has 0 atom stereocenters. The number of allylic oxidation sites excluding steroid dienone is 1. The summed E-state index contributed by atoms with van der Waals surface area (Å²) in [6, 6.07) is 3.31. The number of sulfonamides is 1. The molecule has 90 valence electrons. The normalized spacial score (nSPS) is 12.6. The zero-order valence-corrected chi connectivity index (χ0v) is 10.4. The molecular formula is C9H9ClN4O2S. The van der Waals surface area contributed by atoms with Gasteiger partial charge in [0.2, 0.25) is 5.03 Å². The average molecular weight is 273 g/mol. The van der Waals surface area contributed by atoms with E-state index in [0.29, 0.717) is 11.3 Å². The molecule has 0 fully saturated rings. The molecule has 17 heavy (non-hydrogen) atoms. The lowest BCUT2D eigenvalue weighted by atomic mass is 10.3. The van der Waals surface area contributed by atoms with Gasteiger partial charge in [-0.25, -0.2) is 18.5 Å². The van der Waals surface area contributed by atoms with Crippen molar-refractivity contribution in [3.05, 3.63) is 29.1 Å². The van der Waals surface area contributed by atoms with Crippen LogP contribution in [0.25, 0.3) is 11.7 Å². The number of hydrogen-bond acceptors (Lipinski definition) is 4. The largest absolute Gasteiger partial charge is 0.258 e. The highest BCUT2D eigenvalue weighted by atomic mass is 35.5. The first-order chi connectivity index (χ1) is 7.93. The van der Waals surface area contributed by atoms with Gasteiger partial charge in [-0.2, -0.15) is 9.61 Å². The quantitative estimate of drug-likeness (QED) is 0.885. The second kappa shape index (κ2) is 4.10. The molecule has 8 heteroatoms. The molecule has 0 aliphatic rings. The SMILES string of the molecule is CC=Cc1ccc2nc(Cl)c(S(N)(=O)=O)n2n1. The van der Waals surface area contributed by atoms with Gasteiger partial charge in [-0.1, -0.05) is 17.7 Å². The molecule has 6 nitrogen and oxygen atoms in total. The van der Waals surface area contributed by atoms with Gasteiger partial charge in [-0.05, 0) is 25.1 Å². The van der Waals surface area contributed by atoms with Gasteiger partial charge in [0.25, 0.3) is 10.0 Å². The fourth-order valence-electron chi connectivity index (χ4n) is 1.40. The van der Waals surface area contributed by atoms with Crippen LogP contribution >= 0.6 is 11.6 Å². The van der Waals surface area contributed by atoms with E-state index < -0.39 is 10.0 Å². The van der Waals surface area contributed by atoms with Crippen molar-refractivity contribution in [2.75, 3.05) is 0 Å². The smallest absolute Gasteiger partial charge is 0.223 e. The van der Waals surface area contributed by atoms with E-state index in [1.807, 2.05) is 6.92 Å². The van der Waals surface area contributed by atoms with Crippen LogP contribution in [0.5, 0.6) is 0 Å². The van der Waals surface area contributed by atoms with Crippen molar-refractivity contribution >= 4 is 33.3 Å². The van der Waals surface area contributed by atoms with Crippen molar-refractivity contribution in [3.8, 4) is 0 Å². The zero-order valence-electron chi connectivity index (χ0n) is 8.83. The van der Waals surface area contributed by atoms with E-state index in [1.165, 1.54) is 0 Å². The molecule has 0 saturated carbocycles. The van der Waals surface area contributed by atoms with Crippen LogP contribution in [-0.2, 0) is 10.0 Å². The third kappa shape index (κ3) is 2.17. The summed E-state index contributed by atoms with van der Waals surface area (Å²) < 4.78 is 23.9. The van der Waals surface area contributed by atoms with Crippen molar-refractivity contribution < 1.29 is 8.42 Å². The molecule has 0 aliphatic carbocycles. The molecule has 0 aliphatic heterocycles. The van der Waals surface area contributed by atoms with Gasteiger partial charge in [0.1, 0.15) is 0 Å². The molecule has 0 amide bonds. The number of halogens is 1. The van der Waals surface area contributed by atoms with Crippen molar-refractivity contribution in [2.45, 2.75) is 11.9 Å². The van der Waals surface area contributed by atoms with Crippen LogP contribution in [0.1, 0.15) is 12.6 Å². The highest BCUT2D eigenvalue weighted by molar-refractivity contribution is 7.89. The first-order valence-corrected chi connectivity index (χ1v) is 6.56. The van der Waals surface area contributed by atoms with E-state index >= 15 is 0 Å². The van der Waals surface area contributed by atoms with Gasteiger partial charge in [0.15, 0.2) is 10.8 Å². The third-order valence-electron chi connectivity index (χ3n) is 2.02. The van der Waals surface area contributed by atoms with Crippen molar-refractivity contribution in [1.82, 2.24) is 14.6 Å². The molecule has 2 heterocycles. The van der Waals surface area contributed by atoms with Crippen molar-refractivity contribution in [2.24, 2.45) is 5.14 Å². The third-order valence-corrected chi connectivity index (χ3v) is 3.30. The maximum atomic E-state index is 11.4. The molecule has 2 rings (SSSR count). The lowest BCUT2D eigenvalue weighted by Crippen LogP contribution is -2.16. The van der Waals surface area contributed by atoms with Crippen LogP contribution in [0, 0.1) is 0 Å². The lowest BCUT2D eigenvalue weighted by molar-refractivity contribution is 0.590. The van der Waals surface area contributed by atoms with Crippen LogP contribution in [0.4, 0.5) is 0 Å². The molecule has 0 spiro atoms. The highest BCUT2D eigenvalue weighted by Gasteiger charge is 2.21. The molecule has 0 bridgehead atoms. The number of fused-ring (bicyclic) bond motifs is 1. The highest BCUT2D eigenvalue weighted by Crippen LogP contribution is 2.20. The summed E-state index contributed by atoms with van der Waals surface area (Å²) in [7, 11) is -3.97. The number of nitrogens with two attached hydrogens (primary N) is 1. The van der Waals surface area contributed by atoms with Gasteiger partial charge in [-0.3, -0.25) is 0 Å². The standard InChI is InChI=1S/C9H9ClN4O2S/c1-2-3-6-4-5-7-12-8(10)9(14(7)13-6)17(11,15)16/h2-5H,1H3,(H2,11,15,16). The maximum absolute atomic E-state index is 11.4. The van der Waals surface area contributed by atoms with Gasteiger partial charge in [0.05, 0.1) is 5.69 Å². The summed E-state index contributed by atoms with van der Waals surface area (Å²) >= 11 is 5.73. The Kier molecular flexibility index (Phi) is 2.90. The number of rotatable bonds is 2. The molecule has 0 radical (unpaired) electrons. The maximum Gasteiger partial charge on any atom is 0.258 e. The Bertz CT molecular complexity index is 705. The fourth-order valence-corrected chi connectivity index (χ4v) is 2.54. The lowest BCUT2D eigenvalue weighted by Gasteiger charge is -1.99. The molecule has 2 aromatic rings. The van der Waals surface area contributed by atoms with Crippen LogP contribution in [0.2, 0.25) is 5.15 Å². The van der Waals surface area contributed by atoms with Crippen LogP contribution in [0.3, 0.4) is 0 Å². The number of primary sulfonamides is 1. The second-order valence-electron chi connectivity index (χ2n) is 3.28.